The van der Waals surface area contributed by atoms with Gasteiger partial charge in [-0.3, -0.25) is 0 Å². The Morgan fingerprint density at radius 2 is 1.95 bits per heavy atom. The van der Waals surface area contributed by atoms with Crippen LogP contribution < -0.4 is 5.32 Å². The van der Waals surface area contributed by atoms with Gasteiger partial charge in [0.2, 0.25) is 0 Å². The third-order valence-electron chi connectivity index (χ3n) is 4.91. The molecule has 0 amide bonds. The highest BCUT2D eigenvalue weighted by molar-refractivity contribution is 4.82. The molecule has 0 saturated carbocycles. The SMILES string of the molecule is CCC1CCCN(CC(C)(CC)CNC(C)C)CC1. The zero-order valence-corrected chi connectivity index (χ0v) is 14.0. The van der Waals surface area contributed by atoms with Crippen molar-refractivity contribution in [2.45, 2.75) is 72.8 Å². The Balaban J connectivity index is 2.45. The number of hydrogen-bond acceptors (Lipinski definition) is 2. The molecule has 0 spiro atoms. The number of likely N-dealkylation sites (tertiary alicyclic amines) is 1. The topological polar surface area (TPSA) is 15.3 Å². The van der Waals surface area contributed by atoms with Crippen molar-refractivity contribution in [1.82, 2.24) is 10.2 Å². The summed E-state index contributed by atoms with van der Waals surface area (Å²) in [4.78, 5) is 2.72. The van der Waals surface area contributed by atoms with E-state index in [0.29, 0.717) is 11.5 Å². The zero-order chi connectivity index (χ0) is 14.3. The van der Waals surface area contributed by atoms with E-state index in [0.717, 1.165) is 12.5 Å². The van der Waals surface area contributed by atoms with Crippen LogP contribution in [0.2, 0.25) is 0 Å². The second kappa shape index (κ2) is 8.26. The van der Waals surface area contributed by atoms with E-state index in [1.165, 1.54) is 51.7 Å². The van der Waals surface area contributed by atoms with Crippen LogP contribution in [0.3, 0.4) is 0 Å². The van der Waals surface area contributed by atoms with Gasteiger partial charge in [-0.05, 0) is 50.1 Å². The zero-order valence-electron chi connectivity index (χ0n) is 14.0. The molecule has 0 bridgehead atoms. The quantitative estimate of drug-likeness (QED) is 0.753. The molecule has 2 unspecified atom stereocenters. The molecule has 2 atom stereocenters. The lowest BCUT2D eigenvalue weighted by molar-refractivity contribution is 0.155. The minimum Gasteiger partial charge on any atom is -0.314 e. The van der Waals surface area contributed by atoms with Gasteiger partial charge in [-0.1, -0.05) is 41.0 Å². The van der Waals surface area contributed by atoms with Crippen molar-refractivity contribution < 1.29 is 0 Å². The molecule has 1 heterocycles. The third-order valence-corrected chi connectivity index (χ3v) is 4.91. The van der Waals surface area contributed by atoms with E-state index in [2.05, 4.69) is 44.8 Å². The molecule has 0 aliphatic carbocycles. The molecule has 1 aliphatic rings. The molecular weight excluding hydrogens is 232 g/mol. The Labute approximate surface area is 121 Å². The van der Waals surface area contributed by atoms with E-state index in [-0.39, 0.29) is 0 Å². The number of rotatable bonds is 7. The van der Waals surface area contributed by atoms with Crippen molar-refractivity contribution in [3.05, 3.63) is 0 Å². The molecule has 1 fully saturated rings. The molecule has 1 N–H and O–H groups in total. The van der Waals surface area contributed by atoms with Crippen molar-refractivity contribution in [3.8, 4) is 0 Å². The van der Waals surface area contributed by atoms with Crippen LogP contribution in [0.15, 0.2) is 0 Å². The molecule has 0 aromatic rings. The average Bonchev–Trinajstić information content (AvgIpc) is 2.61. The van der Waals surface area contributed by atoms with E-state index in [4.69, 9.17) is 0 Å². The Hall–Kier alpha value is -0.0800. The van der Waals surface area contributed by atoms with Gasteiger partial charge in [-0.15, -0.1) is 0 Å². The molecule has 19 heavy (non-hydrogen) atoms. The Morgan fingerprint density at radius 3 is 2.53 bits per heavy atom. The van der Waals surface area contributed by atoms with Crippen LogP contribution in [0.4, 0.5) is 0 Å². The van der Waals surface area contributed by atoms with Crippen molar-refractivity contribution in [1.29, 1.82) is 0 Å². The fraction of sp³-hybridized carbons (Fsp3) is 1.00. The fourth-order valence-electron chi connectivity index (χ4n) is 3.07. The molecule has 114 valence electrons. The first-order chi connectivity index (χ1) is 8.99. The van der Waals surface area contributed by atoms with E-state index in [1.807, 2.05) is 0 Å². The van der Waals surface area contributed by atoms with E-state index >= 15 is 0 Å². The predicted octanol–water partition coefficient (Wildman–Crippen LogP) is 3.91. The molecule has 1 rings (SSSR count). The summed E-state index contributed by atoms with van der Waals surface area (Å²) < 4.78 is 0. The summed E-state index contributed by atoms with van der Waals surface area (Å²) in [5.41, 5.74) is 0.427. The highest BCUT2D eigenvalue weighted by Crippen LogP contribution is 2.26. The van der Waals surface area contributed by atoms with Gasteiger partial charge in [-0.2, -0.15) is 0 Å². The standard InChI is InChI=1S/C17H36N2/c1-6-16-9-8-11-19(12-10-16)14-17(5,7-2)13-18-15(3)4/h15-16,18H,6-14H2,1-5H3. The summed E-state index contributed by atoms with van der Waals surface area (Å²) in [7, 11) is 0. The largest absolute Gasteiger partial charge is 0.314 e. The van der Waals surface area contributed by atoms with Gasteiger partial charge in [0.25, 0.3) is 0 Å². The first-order valence-electron chi connectivity index (χ1n) is 8.45. The lowest BCUT2D eigenvalue weighted by atomic mass is 9.86. The monoisotopic (exact) mass is 268 g/mol. The minimum atomic E-state index is 0.427. The predicted molar refractivity (Wildman–Crippen MR) is 85.6 cm³/mol. The smallest absolute Gasteiger partial charge is 0.00474 e. The minimum absolute atomic E-state index is 0.427. The highest BCUT2D eigenvalue weighted by atomic mass is 15.1. The number of nitrogens with one attached hydrogen (secondary N) is 1. The van der Waals surface area contributed by atoms with Gasteiger partial charge in [0, 0.05) is 19.1 Å². The second-order valence-electron chi connectivity index (χ2n) is 7.18. The van der Waals surface area contributed by atoms with Gasteiger partial charge >= 0.3 is 0 Å². The van der Waals surface area contributed by atoms with Crippen LogP contribution in [-0.4, -0.2) is 37.1 Å². The molecule has 0 radical (unpaired) electrons. The van der Waals surface area contributed by atoms with E-state index in [1.54, 1.807) is 0 Å². The summed E-state index contributed by atoms with van der Waals surface area (Å²) in [5, 5.41) is 3.64. The van der Waals surface area contributed by atoms with Gasteiger partial charge in [0.05, 0.1) is 0 Å². The maximum absolute atomic E-state index is 3.64. The molecule has 2 nitrogen and oxygen atoms in total. The van der Waals surface area contributed by atoms with Crippen LogP contribution in [0, 0.1) is 11.3 Å². The van der Waals surface area contributed by atoms with Crippen molar-refractivity contribution in [3.63, 3.8) is 0 Å². The lowest BCUT2D eigenvalue weighted by Gasteiger charge is -2.35. The molecule has 2 heteroatoms. The number of hydrogen-bond donors (Lipinski definition) is 1. The summed E-state index contributed by atoms with van der Waals surface area (Å²) in [5.74, 6) is 0.978. The van der Waals surface area contributed by atoms with Gasteiger partial charge < -0.3 is 10.2 Å². The lowest BCUT2D eigenvalue weighted by Crippen LogP contribution is -2.44. The summed E-state index contributed by atoms with van der Waals surface area (Å²) in [6.07, 6.45) is 6.89. The summed E-state index contributed by atoms with van der Waals surface area (Å²) in [6, 6.07) is 0.597. The van der Waals surface area contributed by atoms with Crippen LogP contribution in [0.1, 0.15) is 66.7 Å². The summed E-state index contributed by atoms with van der Waals surface area (Å²) in [6.45, 7) is 16.7. The maximum atomic E-state index is 3.64. The first-order valence-corrected chi connectivity index (χ1v) is 8.45. The van der Waals surface area contributed by atoms with E-state index < -0.39 is 0 Å². The van der Waals surface area contributed by atoms with E-state index in [9.17, 15) is 0 Å². The first kappa shape index (κ1) is 17.0. The Kier molecular flexibility index (Phi) is 7.38. The summed E-state index contributed by atoms with van der Waals surface area (Å²) >= 11 is 0. The van der Waals surface area contributed by atoms with Crippen LogP contribution in [-0.2, 0) is 0 Å². The molecule has 1 saturated heterocycles. The normalized spacial score (nSPS) is 25.3. The average molecular weight is 268 g/mol. The van der Waals surface area contributed by atoms with Crippen LogP contribution in [0.25, 0.3) is 0 Å². The molecule has 0 aromatic carbocycles. The Morgan fingerprint density at radius 1 is 1.21 bits per heavy atom. The Bertz CT molecular complexity index is 239. The second-order valence-corrected chi connectivity index (χ2v) is 7.18. The van der Waals surface area contributed by atoms with Crippen LogP contribution in [0.5, 0.6) is 0 Å². The molecular formula is C17H36N2. The van der Waals surface area contributed by atoms with Gasteiger partial charge in [-0.25, -0.2) is 0 Å². The highest BCUT2D eigenvalue weighted by Gasteiger charge is 2.26. The van der Waals surface area contributed by atoms with Crippen LogP contribution >= 0.6 is 0 Å². The fourth-order valence-corrected chi connectivity index (χ4v) is 3.07. The van der Waals surface area contributed by atoms with Gasteiger partial charge in [0.1, 0.15) is 0 Å². The number of nitrogens with zero attached hydrogens (tertiary/aromatic N) is 1. The molecule has 0 aromatic heterocycles. The molecule has 1 aliphatic heterocycles. The van der Waals surface area contributed by atoms with Crippen molar-refractivity contribution in [2.75, 3.05) is 26.2 Å². The van der Waals surface area contributed by atoms with Crippen molar-refractivity contribution in [2.24, 2.45) is 11.3 Å². The van der Waals surface area contributed by atoms with Crippen molar-refractivity contribution >= 4 is 0 Å². The maximum Gasteiger partial charge on any atom is 0.00474 e. The van der Waals surface area contributed by atoms with Gasteiger partial charge in [0.15, 0.2) is 0 Å². The third kappa shape index (κ3) is 6.27.